The van der Waals surface area contributed by atoms with Gasteiger partial charge in [0.15, 0.2) is 12.4 Å². The van der Waals surface area contributed by atoms with E-state index in [1.54, 1.807) is 20.8 Å². The molecule has 9 heteroatoms. The van der Waals surface area contributed by atoms with E-state index in [4.69, 9.17) is 27.9 Å². The average molecular weight is 374 g/mol. The second-order valence-corrected chi connectivity index (χ2v) is 6.68. The zero-order valence-corrected chi connectivity index (χ0v) is 14.9. The van der Waals surface area contributed by atoms with Gasteiger partial charge in [0.25, 0.3) is 5.91 Å². The van der Waals surface area contributed by atoms with E-state index < -0.39 is 18.5 Å². The number of rotatable bonds is 4. The Morgan fingerprint density at radius 3 is 2.48 bits per heavy atom. The molecule has 0 fully saturated rings. The van der Waals surface area contributed by atoms with Crippen LogP contribution in [0.5, 0.6) is 0 Å². The quantitative estimate of drug-likeness (QED) is 0.828. The number of esters is 1. The van der Waals surface area contributed by atoms with E-state index in [-0.39, 0.29) is 10.8 Å². The van der Waals surface area contributed by atoms with Crippen LogP contribution in [-0.2, 0) is 9.53 Å². The van der Waals surface area contributed by atoms with Crippen molar-refractivity contribution in [3.63, 3.8) is 0 Å². The van der Waals surface area contributed by atoms with Gasteiger partial charge in [-0.05, 0) is 26.8 Å². The molecule has 0 aliphatic carbocycles. The van der Waals surface area contributed by atoms with Gasteiger partial charge in [0.2, 0.25) is 0 Å². The summed E-state index contributed by atoms with van der Waals surface area (Å²) in [5.74, 6) is -0.970. The molecule has 2 aromatic heterocycles. The summed E-state index contributed by atoms with van der Waals surface area (Å²) in [5.41, 5.74) is 1.11. The van der Waals surface area contributed by atoms with Crippen molar-refractivity contribution in [1.82, 2.24) is 9.97 Å². The lowest BCUT2D eigenvalue weighted by Gasteiger charge is -2.08. The van der Waals surface area contributed by atoms with E-state index in [1.165, 1.54) is 17.4 Å². The van der Waals surface area contributed by atoms with Gasteiger partial charge in [-0.3, -0.25) is 4.79 Å². The van der Waals surface area contributed by atoms with E-state index in [2.05, 4.69) is 15.3 Å². The van der Waals surface area contributed by atoms with Gasteiger partial charge in [0.05, 0.1) is 26.4 Å². The van der Waals surface area contributed by atoms with Crippen molar-refractivity contribution in [2.24, 2.45) is 0 Å². The molecule has 2 aromatic rings. The molecule has 2 heterocycles. The number of carbonyl (C=O) groups is 2. The number of hydrogen-bond donors (Lipinski definition) is 1. The second kappa shape index (κ2) is 7.25. The fourth-order valence-electron chi connectivity index (χ4n) is 1.73. The summed E-state index contributed by atoms with van der Waals surface area (Å²) in [5, 5.41) is 3.83. The maximum atomic E-state index is 11.9. The Morgan fingerprint density at radius 2 is 1.87 bits per heavy atom. The summed E-state index contributed by atoms with van der Waals surface area (Å²) in [4.78, 5) is 32.4. The van der Waals surface area contributed by atoms with Gasteiger partial charge in [-0.25, -0.2) is 14.8 Å². The number of hydrogen-bond acceptors (Lipinski definition) is 6. The first-order chi connectivity index (χ1) is 10.8. The lowest BCUT2D eigenvalue weighted by Crippen LogP contribution is -2.21. The smallest absolute Gasteiger partial charge is 0.350 e. The van der Waals surface area contributed by atoms with Crippen LogP contribution in [-0.4, -0.2) is 28.5 Å². The maximum Gasteiger partial charge on any atom is 0.350 e. The molecule has 1 amide bonds. The van der Waals surface area contributed by atoms with Gasteiger partial charge >= 0.3 is 5.97 Å². The normalized spacial score (nSPS) is 10.5. The van der Waals surface area contributed by atoms with Gasteiger partial charge in [-0.15, -0.1) is 11.3 Å². The first-order valence-electron chi connectivity index (χ1n) is 6.51. The van der Waals surface area contributed by atoms with Crippen molar-refractivity contribution >= 4 is 52.2 Å². The number of nitrogens with zero attached hydrogens (tertiary/aromatic N) is 2. The molecular weight excluding hydrogens is 361 g/mol. The highest BCUT2D eigenvalue weighted by Crippen LogP contribution is 2.25. The number of aryl methyl sites for hydroxylation is 3. The number of halogens is 2. The molecule has 0 spiro atoms. The third kappa shape index (κ3) is 4.40. The standard InChI is InChI=1S/C14H13Cl2N3O3S/c1-6-9(15)4-10(16)13(18-6)19-11(20)5-22-14(21)12-7(2)17-8(3)23-12/h4H,5H2,1-3H3,(H,18,19,20). The SMILES string of the molecule is Cc1nc(C)c(C(=O)OCC(=O)Nc2nc(C)c(Cl)cc2Cl)s1. The number of ether oxygens (including phenoxy) is 1. The molecule has 0 aromatic carbocycles. The summed E-state index contributed by atoms with van der Waals surface area (Å²) >= 11 is 13.0. The Hall–Kier alpha value is -1.70. The van der Waals surface area contributed by atoms with Crippen molar-refractivity contribution in [2.45, 2.75) is 20.8 Å². The molecule has 0 aliphatic rings. The van der Waals surface area contributed by atoms with Crippen LogP contribution in [0.25, 0.3) is 0 Å². The third-order valence-electron chi connectivity index (χ3n) is 2.79. The predicted octanol–water partition coefficient (Wildman–Crippen LogP) is 3.57. The first-order valence-corrected chi connectivity index (χ1v) is 8.09. The van der Waals surface area contributed by atoms with Gasteiger partial charge in [0.1, 0.15) is 4.88 Å². The zero-order chi connectivity index (χ0) is 17.1. The summed E-state index contributed by atoms with van der Waals surface area (Å²) in [6.45, 7) is 4.73. The molecule has 6 nitrogen and oxygen atoms in total. The van der Waals surface area contributed by atoms with Crippen LogP contribution in [0.4, 0.5) is 5.82 Å². The second-order valence-electron chi connectivity index (χ2n) is 4.66. The van der Waals surface area contributed by atoms with Crippen LogP contribution in [0, 0.1) is 20.8 Å². The summed E-state index contributed by atoms with van der Waals surface area (Å²) in [6.07, 6.45) is 0. The van der Waals surface area contributed by atoms with Crippen molar-refractivity contribution in [3.05, 3.63) is 37.4 Å². The third-order valence-corrected chi connectivity index (χ3v) is 4.51. The van der Waals surface area contributed by atoms with Crippen LogP contribution in [0.1, 0.15) is 26.1 Å². The highest BCUT2D eigenvalue weighted by molar-refractivity contribution is 7.13. The van der Waals surface area contributed by atoms with Gasteiger partial charge in [0, 0.05) is 0 Å². The molecule has 2 rings (SSSR count). The number of carbonyl (C=O) groups excluding carboxylic acids is 2. The minimum Gasteiger partial charge on any atom is -0.451 e. The van der Waals surface area contributed by atoms with Crippen molar-refractivity contribution in [3.8, 4) is 0 Å². The molecule has 0 atom stereocenters. The van der Waals surface area contributed by atoms with E-state index in [1.807, 2.05) is 0 Å². The van der Waals surface area contributed by atoms with Crippen LogP contribution >= 0.6 is 34.5 Å². The largest absolute Gasteiger partial charge is 0.451 e. The zero-order valence-electron chi connectivity index (χ0n) is 12.6. The van der Waals surface area contributed by atoms with Crippen molar-refractivity contribution in [2.75, 3.05) is 11.9 Å². The molecule has 23 heavy (non-hydrogen) atoms. The van der Waals surface area contributed by atoms with E-state index >= 15 is 0 Å². The van der Waals surface area contributed by atoms with Crippen LogP contribution in [0.2, 0.25) is 10.0 Å². The van der Waals surface area contributed by atoms with Crippen LogP contribution in [0.15, 0.2) is 6.07 Å². The van der Waals surface area contributed by atoms with Gasteiger partial charge in [-0.1, -0.05) is 23.2 Å². The molecule has 0 radical (unpaired) electrons. The lowest BCUT2D eigenvalue weighted by molar-refractivity contribution is -0.119. The topological polar surface area (TPSA) is 81.2 Å². The predicted molar refractivity (Wildman–Crippen MR) is 89.5 cm³/mol. The molecule has 0 bridgehead atoms. The number of thiazole rings is 1. The summed E-state index contributed by atoms with van der Waals surface area (Å²) in [7, 11) is 0. The van der Waals surface area contributed by atoms with Gasteiger partial charge in [-0.2, -0.15) is 0 Å². The molecule has 0 saturated carbocycles. The highest BCUT2D eigenvalue weighted by Gasteiger charge is 2.17. The summed E-state index contributed by atoms with van der Waals surface area (Å²) < 4.78 is 4.97. The Morgan fingerprint density at radius 1 is 1.17 bits per heavy atom. The Kier molecular flexibility index (Phi) is 5.56. The molecule has 0 unspecified atom stereocenters. The number of anilines is 1. The molecule has 0 aliphatic heterocycles. The molecule has 1 N–H and O–H groups in total. The fourth-order valence-corrected chi connectivity index (χ4v) is 2.95. The lowest BCUT2D eigenvalue weighted by atomic mass is 10.3. The average Bonchev–Trinajstić information content (AvgIpc) is 2.81. The number of aromatic nitrogens is 2. The Balaban J connectivity index is 1.97. The minimum atomic E-state index is -0.588. The maximum absolute atomic E-state index is 11.9. The minimum absolute atomic E-state index is 0.166. The fraction of sp³-hybridized carbons (Fsp3) is 0.286. The molecular formula is C14H13Cl2N3O3S. The Bertz CT molecular complexity index is 777. The van der Waals surface area contributed by atoms with Crippen molar-refractivity contribution in [1.29, 1.82) is 0 Å². The van der Waals surface area contributed by atoms with E-state index in [0.717, 1.165) is 5.01 Å². The van der Waals surface area contributed by atoms with E-state index in [9.17, 15) is 9.59 Å². The Labute approximate surface area is 146 Å². The van der Waals surface area contributed by atoms with E-state index in [0.29, 0.717) is 21.3 Å². The van der Waals surface area contributed by atoms with Crippen molar-refractivity contribution < 1.29 is 14.3 Å². The number of nitrogens with one attached hydrogen (secondary N) is 1. The molecule has 122 valence electrons. The number of pyridine rings is 1. The van der Waals surface area contributed by atoms with Crippen LogP contribution < -0.4 is 5.32 Å². The van der Waals surface area contributed by atoms with Gasteiger partial charge < -0.3 is 10.1 Å². The molecule has 0 saturated heterocycles. The monoisotopic (exact) mass is 373 g/mol. The van der Waals surface area contributed by atoms with Crippen LogP contribution in [0.3, 0.4) is 0 Å². The highest BCUT2D eigenvalue weighted by atomic mass is 35.5. The number of amides is 1. The first kappa shape index (κ1) is 17.7. The summed E-state index contributed by atoms with van der Waals surface area (Å²) in [6, 6.07) is 1.48.